The number of benzene rings is 1. The van der Waals surface area contributed by atoms with Gasteiger partial charge in [-0.2, -0.15) is 0 Å². The van der Waals surface area contributed by atoms with E-state index in [0.717, 1.165) is 18.4 Å². The molecule has 4 nitrogen and oxygen atoms in total. The average molecular weight is 357 g/mol. The molecule has 0 N–H and O–H groups in total. The summed E-state index contributed by atoms with van der Waals surface area (Å²) in [5, 5.41) is 0.650. The number of rotatable bonds is 2. The lowest BCUT2D eigenvalue weighted by molar-refractivity contribution is -0.127. The fourth-order valence-corrected chi connectivity index (χ4v) is 4.90. The van der Waals surface area contributed by atoms with E-state index in [0.29, 0.717) is 22.1 Å². The molecule has 2 saturated heterocycles. The molecule has 2 bridgehead atoms. The minimum absolute atomic E-state index is 0.00811. The lowest BCUT2D eigenvalue weighted by Crippen LogP contribution is -2.29. The molecule has 5 atom stereocenters. The van der Waals surface area contributed by atoms with Crippen LogP contribution in [0.4, 0.5) is 0 Å². The van der Waals surface area contributed by atoms with Gasteiger partial charge in [0.15, 0.2) is 11.6 Å². The summed E-state index contributed by atoms with van der Waals surface area (Å²) in [7, 11) is 0. The van der Waals surface area contributed by atoms with Crippen molar-refractivity contribution in [2.45, 2.75) is 37.9 Å². The molecule has 0 spiro atoms. The van der Waals surface area contributed by atoms with Gasteiger partial charge in [-0.05, 0) is 50.1 Å². The first-order chi connectivity index (χ1) is 12.0. The molecule has 1 aromatic carbocycles. The quantitative estimate of drug-likeness (QED) is 0.765. The number of furan rings is 1. The van der Waals surface area contributed by atoms with Crippen LogP contribution >= 0.6 is 11.6 Å². The number of hydrogen-bond donors (Lipinski definition) is 0. The number of halogens is 1. The molecule has 2 aromatic rings. The topological polar surface area (TPSA) is 56.5 Å². The van der Waals surface area contributed by atoms with Crippen molar-refractivity contribution in [3.8, 4) is 11.3 Å². The van der Waals surface area contributed by atoms with Gasteiger partial charge in [-0.3, -0.25) is 9.59 Å². The Morgan fingerprint density at radius 2 is 1.60 bits per heavy atom. The highest BCUT2D eigenvalue weighted by Gasteiger charge is 2.63. The molecule has 3 aliphatic rings. The fourth-order valence-electron chi connectivity index (χ4n) is 4.77. The average Bonchev–Trinajstić information content (AvgIpc) is 3.33. The van der Waals surface area contributed by atoms with Gasteiger partial charge in [-0.15, -0.1) is 0 Å². The largest absolute Gasteiger partial charge is 0.461 e. The van der Waals surface area contributed by atoms with Gasteiger partial charge in [-0.25, -0.2) is 0 Å². The van der Waals surface area contributed by atoms with Crippen molar-refractivity contribution in [3.05, 3.63) is 46.7 Å². The molecule has 0 amide bonds. The molecular weight excluding hydrogens is 340 g/mol. The number of aryl methyl sites for hydroxylation is 1. The molecule has 1 aromatic heterocycles. The molecule has 3 fully saturated rings. The maximum atomic E-state index is 13.0. The van der Waals surface area contributed by atoms with E-state index in [9.17, 15) is 9.59 Å². The Kier molecular flexibility index (Phi) is 3.25. The summed E-state index contributed by atoms with van der Waals surface area (Å²) in [6.07, 6.45) is 1.63. The molecule has 3 unspecified atom stereocenters. The minimum Gasteiger partial charge on any atom is -0.461 e. The predicted molar refractivity (Wildman–Crippen MR) is 91.5 cm³/mol. The van der Waals surface area contributed by atoms with Crippen molar-refractivity contribution in [3.63, 3.8) is 0 Å². The molecule has 25 heavy (non-hydrogen) atoms. The highest BCUT2D eigenvalue weighted by atomic mass is 35.5. The summed E-state index contributed by atoms with van der Waals surface area (Å²) >= 11 is 5.93. The SMILES string of the molecule is Cc1oc(-c2ccc(Cl)cc2)cc1C1C(=O)[C@@H]2C3CCC(O3)[C@@H]2C1=O. The van der Waals surface area contributed by atoms with Crippen LogP contribution in [-0.2, 0) is 14.3 Å². The van der Waals surface area contributed by atoms with E-state index in [2.05, 4.69) is 0 Å². The van der Waals surface area contributed by atoms with Crippen molar-refractivity contribution in [1.29, 1.82) is 0 Å². The third kappa shape index (κ3) is 2.10. The van der Waals surface area contributed by atoms with Crippen LogP contribution in [0.15, 0.2) is 34.7 Å². The van der Waals surface area contributed by atoms with Crippen LogP contribution in [0.25, 0.3) is 11.3 Å². The van der Waals surface area contributed by atoms with Crippen LogP contribution < -0.4 is 0 Å². The van der Waals surface area contributed by atoms with Crippen molar-refractivity contribution in [2.75, 3.05) is 0 Å². The molecule has 3 heterocycles. The highest BCUT2D eigenvalue weighted by molar-refractivity contribution is 6.30. The van der Waals surface area contributed by atoms with E-state index in [1.165, 1.54) is 0 Å². The summed E-state index contributed by atoms with van der Waals surface area (Å²) in [5.74, 6) is 0.0781. The minimum atomic E-state index is -0.702. The second-order valence-corrected chi connectivity index (χ2v) is 7.65. The van der Waals surface area contributed by atoms with Crippen LogP contribution in [0, 0.1) is 18.8 Å². The first-order valence-electron chi connectivity index (χ1n) is 8.64. The monoisotopic (exact) mass is 356 g/mol. The molecule has 5 rings (SSSR count). The number of hydrogen-bond acceptors (Lipinski definition) is 4. The molecular formula is C20H17ClO4. The molecule has 1 saturated carbocycles. The van der Waals surface area contributed by atoms with Crippen LogP contribution in [0.5, 0.6) is 0 Å². The second kappa shape index (κ2) is 5.29. The van der Waals surface area contributed by atoms with Crippen LogP contribution in [0.1, 0.15) is 30.1 Å². The maximum Gasteiger partial charge on any atom is 0.154 e. The summed E-state index contributed by atoms with van der Waals surface area (Å²) in [6.45, 7) is 1.81. The van der Waals surface area contributed by atoms with Crippen LogP contribution in [0.2, 0.25) is 5.02 Å². The number of Topliss-reactive ketones (excluding diaryl/α,β-unsaturated/α-hetero) is 2. The zero-order valence-corrected chi connectivity index (χ0v) is 14.5. The summed E-state index contributed by atoms with van der Waals surface area (Å²) in [6, 6.07) is 9.15. The molecule has 1 aliphatic carbocycles. The van der Waals surface area contributed by atoms with Gasteiger partial charge in [-0.1, -0.05) is 11.6 Å². The third-order valence-electron chi connectivity index (χ3n) is 5.90. The van der Waals surface area contributed by atoms with Gasteiger partial charge in [0.2, 0.25) is 0 Å². The van der Waals surface area contributed by atoms with Crippen molar-refractivity contribution in [2.24, 2.45) is 11.8 Å². The first kappa shape index (κ1) is 15.4. The van der Waals surface area contributed by atoms with Crippen molar-refractivity contribution < 1.29 is 18.7 Å². The van der Waals surface area contributed by atoms with E-state index in [-0.39, 0.29) is 35.6 Å². The van der Waals surface area contributed by atoms with E-state index in [1.807, 2.05) is 25.1 Å². The standard InChI is InChI=1S/C20H17ClO4/c1-9-12(8-15(24-9)10-2-4-11(21)5-3-10)16-19(22)17-13-6-7-14(25-13)18(17)20(16)23/h2-5,8,13-14,16-18H,6-7H2,1H3/t13?,14?,16?,17-,18+. The van der Waals surface area contributed by atoms with Gasteiger partial charge < -0.3 is 9.15 Å². The van der Waals surface area contributed by atoms with E-state index >= 15 is 0 Å². The molecule has 128 valence electrons. The first-order valence-corrected chi connectivity index (χ1v) is 9.01. The fraction of sp³-hybridized carbons (Fsp3) is 0.400. The maximum absolute atomic E-state index is 13.0. The lowest BCUT2D eigenvalue weighted by atomic mass is 9.81. The highest BCUT2D eigenvalue weighted by Crippen LogP contribution is 2.52. The van der Waals surface area contributed by atoms with Gasteiger partial charge in [0, 0.05) is 16.1 Å². The Labute approximate surface area is 150 Å². The van der Waals surface area contributed by atoms with E-state index in [1.54, 1.807) is 12.1 Å². The summed E-state index contributed by atoms with van der Waals surface area (Å²) in [5.41, 5.74) is 1.58. The Balaban J connectivity index is 1.53. The second-order valence-electron chi connectivity index (χ2n) is 7.21. The van der Waals surface area contributed by atoms with Crippen molar-refractivity contribution >= 4 is 23.2 Å². The van der Waals surface area contributed by atoms with Crippen LogP contribution in [-0.4, -0.2) is 23.8 Å². The Morgan fingerprint density at radius 1 is 1.00 bits per heavy atom. The lowest BCUT2D eigenvalue weighted by Gasteiger charge is -2.16. The number of ether oxygens (including phenoxy) is 1. The Bertz CT molecular complexity index is 854. The number of fused-ring (bicyclic) bond motifs is 5. The smallest absolute Gasteiger partial charge is 0.154 e. The zero-order chi connectivity index (χ0) is 17.3. The Hall–Kier alpha value is -1.91. The number of carbonyl (C=O) groups is 2. The van der Waals surface area contributed by atoms with Crippen molar-refractivity contribution in [1.82, 2.24) is 0 Å². The zero-order valence-electron chi connectivity index (χ0n) is 13.7. The molecule has 0 radical (unpaired) electrons. The third-order valence-corrected chi connectivity index (χ3v) is 6.15. The van der Waals surface area contributed by atoms with Crippen LogP contribution in [0.3, 0.4) is 0 Å². The predicted octanol–water partition coefficient (Wildman–Crippen LogP) is 3.94. The number of ketones is 2. The summed E-state index contributed by atoms with van der Waals surface area (Å²) < 4.78 is 11.7. The van der Waals surface area contributed by atoms with Gasteiger partial charge in [0.05, 0.1) is 24.0 Å². The van der Waals surface area contributed by atoms with Gasteiger partial charge in [0.25, 0.3) is 0 Å². The van der Waals surface area contributed by atoms with E-state index in [4.69, 9.17) is 20.8 Å². The summed E-state index contributed by atoms with van der Waals surface area (Å²) in [4.78, 5) is 25.9. The van der Waals surface area contributed by atoms with Gasteiger partial charge in [0.1, 0.15) is 17.4 Å². The normalized spacial score (nSPS) is 33.3. The molecule has 2 aliphatic heterocycles. The molecule has 5 heteroatoms. The Morgan fingerprint density at radius 3 is 2.20 bits per heavy atom. The van der Waals surface area contributed by atoms with Gasteiger partial charge >= 0.3 is 0 Å². The number of carbonyl (C=O) groups excluding carboxylic acids is 2. The van der Waals surface area contributed by atoms with E-state index < -0.39 is 5.92 Å².